The third-order valence-electron chi connectivity index (χ3n) is 5.01. The molecule has 1 heterocycles. The van der Waals surface area contributed by atoms with Crippen LogP contribution >= 0.6 is 0 Å². The minimum Gasteiger partial charge on any atom is -0.463 e. The van der Waals surface area contributed by atoms with Crippen LogP contribution in [-0.2, 0) is 16.1 Å². The molecule has 0 atom stereocenters. The molecule has 0 radical (unpaired) electrons. The molecule has 31 heavy (non-hydrogen) atoms. The first-order valence-electron chi connectivity index (χ1n) is 10.3. The summed E-state index contributed by atoms with van der Waals surface area (Å²) in [6.45, 7) is 5.82. The maximum Gasteiger partial charge on any atom is 0.330 e. The second-order valence-electron chi connectivity index (χ2n) is 7.21. The van der Waals surface area contributed by atoms with Crippen molar-refractivity contribution in [2.75, 3.05) is 38.1 Å². The van der Waals surface area contributed by atoms with E-state index in [4.69, 9.17) is 10.00 Å². The molecule has 1 saturated heterocycles. The second-order valence-corrected chi connectivity index (χ2v) is 7.21. The third-order valence-corrected chi connectivity index (χ3v) is 5.01. The van der Waals surface area contributed by atoms with Crippen LogP contribution in [0.1, 0.15) is 23.6 Å². The van der Waals surface area contributed by atoms with Crippen LogP contribution in [0, 0.1) is 11.3 Å². The minimum absolute atomic E-state index is 0.118. The van der Waals surface area contributed by atoms with E-state index in [-0.39, 0.29) is 12.0 Å². The molecule has 7 nitrogen and oxygen atoms in total. The number of nitrogens with one attached hydrogen (secondary N) is 1. The van der Waals surface area contributed by atoms with Crippen LogP contribution in [0.4, 0.5) is 10.5 Å². The van der Waals surface area contributed by atoms with Gasteiger partial charge in [0.05, 0.1) is 18.2 Å². The molecule has 2 aromatic rings. The van der Waals surface area contributed by atoms with Crippen LogP contribution in [0.15, 0.2) is 54.6 Å². The number of carbonyl (C=O) groups is 2. The number of benzene rings is 2. The topological polar surface area (TPSA) is 85.7 Å². The zero-order chi connectivity index (χ0) is 22.1. The summed E-state index contributed by atoms with van der Waals surface area (Å²) in [6.07, 6.45) is 3.06. The Hall–Kier alpha value is -3.63. The second kappa shape index (κ2) is 11.0. The summed E-state index contributed by atoms with van der Waals surface area (Å²) in [5.41, 5.74) is 3.38. The first-order chi connectivity index (χ1) is 15.1. The maximum absolute atomic E-state index is 12.6. The fraction of sp³-hybridized carbons (Fsp3) is 0.292. The van der Waals surface area contributed by atoms with Gasteiger partial charge in [0.1, 0.15) is 0 Å². The van der Waals surface area contributed by atoms with Crippen LogP contribution in [0.3, 0.4) is 0 Å². The number of anilines is 1. The van der Waals surface area contributed by atoms with Gasteiger partial charge >= 0.3 is 12.0 Å². The van der Waals surface area contributed by atoms with Crippen LogP contribution in [0.2, 0.25) is 0 Å². The van der Waals surface area contributed by atoms with Gasteiger partial charge in [-0.1, -0.05) is 24.3 Å². The van der Waals surface area contributed by atoms with Gasteiger partial charge in [-0.05, 0) is 48.4 Å². The molecule has 2 amide bonds. The SMILES string of the molecule is CCOC(=O)/C=C\c1ccc(NC(=O)N2CCN(Cc3ccc(C#N)cc3)CC2)cc1. The molecule has 0 aromatic heterocycles. The van der Waals surface area contributed by atoms with Crippen LogP contribution < -0.4 is 5.32 Å². The number of nitrogens with zero attached hydrogens (tertiary/aromatic N) is 3. The number of urea groups is 1. The Morgan fingerprint density at radius 3 is 2.35 bits per heavy atom. The number of hydrogen-bond acceptors (Lipinski definition) is 5. The zero-order valence-corrected chi connectivity index (χ0v) is 17.6. The molecule has 1 fully saturated rings. The quantitative estimate of drug-likeness (QED) is 0.573. The Balaban J connectivity index is 1.45. The van der Waals surface area contributed by atoms with Crippen LogP contribution in [0.5, 0.6) is 0 Å². The van der Waals surface area contributed by atoms with E-state index < -0.39 is 0 Å². The number of rotatable bonds is 6. The molecule has 3 rings (SSSR count). The smallest absolute Gasteiger partial charge is 0.330 e. The van der Waals surface area contributed by atoms with Gasteiger partial charge in [0.2, 0.25) is 0 Å². The van der Waals surface area contributed by atoms with Crippen molar-refractivity contribution in [1.82, 2.24) is 9.80 Å². The Morgan fingerprint density at radius 1 is 1.06 bits per heavy atom. The summed E-state index contributed by atoms with van der Waals surface area (Å²) >= 11 is 0. The summed E-state index contributed by atoms with van der Waals surface area (Å²) in [5, 5.41) is 11.8. The molecule has 0 spiro atoms. The van der Waals surface area contributed by atoms with Crippen molar-refractivity contribution in [2.24, 2.45) is 0 Å². The van der Waals surface area contributed by atoms with Gasteiger partial charge in [0.15, 0.2) is 0 Å². The Labute approximate surface area is 182 Å². The van der Waals surface area contributed by atoms with E-state index in [9.17, 15) is 9.59 Å². The molecule has 7 heteroatoms. The average molecular weight is 418 g/mol. The highest BCUT2D eigenvalue weighted by Crippen LogP contribution is 2.14. The van der Waals surface area contributed by atoms with Gasteiger partial charge in [-0.3, -0.25) is 4.90 Å². The van der Waals surface area contributed by atoms with Gasteiger partial charge in [-0.2, -0.15) is 5.26 Å². The number of nitriles is 1. The minimum atomic E-state index is -0.377. The summed E-state index contributed by atoms with van der Waals surface area (Å²) in [6, 6.07) is 16.9. The van der Waals surface area contributed by atoms with Crippen molar-refractivity contribution < 1.29 is 14.3 Å². The molecule has 0 aliphatic carbocycles. The maximum atomic E-state index is 12.6. The lowest BCUT2D eigenvalue weighted by Crippen LogP contribution is -2.49. The lowest BCUT2D eigenvalue weighted by atomic mass is 10.1. The van der Waals surface area contributed by atoms with E-state index in [1.54, 1.807) is 13.0 Å². The number of amides is 2. The highest BCUT2D eigenvalue weighted by atomic mass is 16.5. The first kappa shape index (κ1) is 22.1. The van der Waals surface area contributed by atoms with Crippen molar-refractivity contribution in [3.63, 3.8) is 0 Å². The van der Waals surface area contributed by atoms with E-state index in [2.05, 4.69) is 16.3 Å². The fourth-order valence-electron chi connectivity index (χ4n) is 3.29. The normalized spacial score (nSPS) is 14.3. The Bertz CT molecular complexity index is 954. The number of carbonyl (C=O) groups excluding carboxylic acids is 2. The summed E-state index contributed by atoms with van der Waals surface area (Å²) in [7, 11) is 0. The van der Waals surface area contributed by atoms with E-state index in [0.717, 1.165) is 30.8 Å². The molecule has 0 unspecified atom stereocenters. The van der Waals surface area contributed by atoms with Crippen molar-refractivity contribution in [2.45, 2.75) is 13.5 Å². The average Bonchev–Trinajstić information content (AvgIpc) is 2.80. The summed E-state index contributed by atoms with van der Waals surface area (Å²) in [4.78, 5) is 28.0. The lowest BCUT2D eigenvalue weighted by molar-refractivity contribution is -0.137. The molecular formula is C24H26N4O3. The van der Waals surface area contributed by atoms with Crippen molar-refractivity contribution in [3.05, 3.63) is 71.3 Å². The highest BCUT2D eigenvalue weighted by Gasteiger charge is 2.21. The number of piperazine rings is 1. The van der Waals surface area contributed by atoms with Gasteiger partial charge in [-0.25, -0.2) is 9.59 Å². The molecule has 1 aliphatic rings. The van der Waals surface area contributed by atoms with Gasteiger partial charge in [0.25, 0.3) is 0 Å². The zero-order valence-electron chi connectivity index (χ0n) is 17.6. The fourth-order valence-corrected chi connectivity index (χ4v) is 3.29. The summed E-state index contributed by atoms with van der Waals surface area (Å²) < 4.78 is 4.85. The van der Waals surface area contributed by atoms with Crippen molar-refractivity contribution >= 4 is 23.8 Å². The van der Waals surface area contributed by atoms with E-state index in [1.165, 1.54) is 6.08 Å². The lowest BCUT2D eigenvalue weighted by Gasteiger charge is -2.34. The molecule has 2 aromatic carbocycles. The predicted molar refractivity (Wildman–Crippen MR) is 119 cm³/mol. The summed E-state index contributed by atoms with van der Waals surface area (Å²) in [5.74, 6) is -0.377. The van der Waals surface area contributed by atoms with E-state index >= 15 is 0 Å². The molecular weight excluding hydrogens is 392 g/mol. The molecule has 0 bridgehead atoms. The predicted octanol–water partition coefficient (Wildman–Crippen LogP) is 3.48. The van der Waals surface area contributed by atoms with Crippen LogP contribution in [-0.4, -0.2) is 54.6 Å². The van der Waals surface area contributed by atoms with E-state index in [0.29, 0.717) is 30.9 Å². The number of hydrogen-bond donors (Lipinski definition) is 1. The number of ether oxygens (including phenoxy) is 1. The Morgan fingerprint density at radius 2 is 1.74 bits per heavy atom. The van der Waals surface area contributed by atoms with Crippen LogP contribution in [0.25, 0.3) is 6.08 Å². The van der Waals surface area contributed by atoms with Gasteiger partial charge in [0, 0.05) is 44.5 Å². The molecule has 160 valence electrons. The van der Waals surface area contributed by atoms with Gasteiger partial charge < -0.3 is 15.0 Å². The van der Waals surface area contributed by atoms with Crippen molar-refractivity contribution in [3.8, 4) is 6.07 Å². The highest BCUT2D eigenvalue weighted by molar-refractivity contribution is 5.90. The molecule has 1 N–H and O–H groups in total. The molecule has 0 saturated carbocycles. The first-order valence-corrected chi connectivity index (χ1v) is 10.3. The van der Waals surface area contributed by atoms with Crippen molar-refractivity contribution in [1.29, 1.82) is 5.26 Å². The Kier molecular flexibility index (Phi) is 7.79. The van der Waals surface area contributed by atoms with E-state index in [1.807, 2.05) is 53.4 Å². The largest absolute Gasteiger partial charge is 0.463 e. The number of esters is 1. The van der Waals surface area contributed by atoms with Gasteiger partial charge in [-0.15, -0.1) is 0 Å². The monoisotopic (exact) mass is 418 g/mol. The standard InChI is InChI=1S/C24H26N4O3/c1-2-31-23(29)12-9-19-7-10-22(11-8-19)26-24(30)28-15-13-27(14-16-28)18-21-5-3-20(17-25)4-6-21/h3-12H,2,13-16,18H2,1H3,(H,26,30)/b12-9-. The third kappa shape index (κ3) is 6.69. The molecule has 1 aliphatic heterocycles.